The third kappa shape index (κ3) is 4.50. The molecule has 1 saturated heterocycles. The molecule has 1 amide bonds. The van der Waals surface area contributed by atoms with Gasteiger partial charge in [0, 0.05) is 12.0 Å². The maximum Gasteiger partial charge on any atom is 0.301 e. The van der Waals surface area contributed by atoms with Gasteiger partial charge in [0.1, 0.15) is 29.1 Å². The van der Waals surface area contributed by atoms with Crippen LogP contribution in [-0.4, -0.2) is 27.9 Å². The van der Waals surface area contributed by atoms with Crippen LogP contribution in [0.1, 0.15) is 35.2 Å². The van der Waals surface area contributed by atoms with Crippen LogP contribution >= 0.6 is 11.3 Å². The molecule has 3 heterocycles. The van der Waals surface area contributed by atoms with Crippen LogP contribution in [0.25, 0.3) is 16.0 Å². The molecule has 208 valence electrons. The zero-order chi connectivity index (χ0) is 29.0. The van der Waals surface area contributed by atoms with Gasteiger partial charge in [0.05, 0.1) is 21.8 Å². The van der Waals surface area contributed by atoms with Crippen molar-refractivity contribution in [2.45, 2.75) is 32.4 Å². The molecule has 0 bridgehead atoms. The molecule has 1 N–H and O–H groups in total. The highest BCUT2D eigenvalue weighted by Gasteiger charge is 2.48. The third-order valence-corrected chi connectivity index (χ3v) is 8.52. The molecular weight excluding hydrogens is 548 g/mol. The van der Waals surface area contributed by atoms with E-state index in [1.807, 2.05) is 86.6 Å². The number of para-hydroxylation sites is 1. The highest BCUT2D eigenvalue weighted by molar-refractivity contribution is 7.22. The van der Waals surface area contributed by atoms with Crippen LogP contribution < -0.4 is 14.4 Å². The molecule has 0 saturated carbocycles. The minimum Gasteiger partial charge on any atom is -0.507 e. The van der Waals surface area contributed by atoms with Crippen molar-refractivity contribution in [3.63, 3.8) is 0 Å². The van der Waals surface area contributed by atoms with Crippen molar-refractivity contribution in [3.05, 3.63) is 119 Å². The van der Waals surface area contributed by atoms with E-state index in [-0.39, 0.29) is 17.4 Å². The van der Waals surface area contributed by atoms with E-state index in [4.69, 9.17) is 14.5 Å². The second-order valence-electron chi connectivity index (χ2n) is 10.6. The first kappa shape index (κ1) is 26.0. The third-order valence-electron chi connectivity index (χ3n) is 7.51. The number of thiazole rings is 1. The number of anilines is 1. The molecule has 1 aromatic heterocycles. The first-order chi connectivity index (χ1) is 20.4. The Morgan fingerprint density at radius 1 is 0.976 bits per heavy atom. The minimum absolute atomic E-state index is 0.000730. The summed E-state index contributed by atoms with van der Waals surface area (Å²) >= 11 is 1.34. The lowest BCUT2D eigenvalue weighted by Crippen LogP contribution is -2.29. The Morgan fingerprint density at radius 3 is 2.62 bits per heavy atom. The average Bonchev–Trinajstić information content (AvgIpc) is 3.65. The van der Waals surface area contributed by atoms with E-state index in [1.165, 1.54) is 16.2 Å². The molecule has 7 nitrogen and oxygen atoms in total. The second kappa shape index (κ2) is 10.2. The quantitative estimate of drug-likeness (QED) is 0.134. The molecule has 0 radical (unpaired) electrons. The number of aryl methyl sites for hydroxylation is 1. The zero-order valence-electron chi connectivity index (χ0n) is 22.9. The Kier molecular flexibility index (Phi) is 6.28. The summed E-state index contributed by atoms with van der Waals surface area (Å²) < 4.78 is 12.8. The normalized spacial score (nSPS) is 19.2. The SMILES string of the molecule is Cc1ccc2nc(N3C(=O)C(=O)/C(=C(/O)c4ccc5c(c4)C[C@@H](C)O5)[C@@H]3c3cccc(Oc4ccccc4)c3)sc2c1. The largest absolute Gasteiger partial charge is 0.507 e. The number of benzene rings is 4. The first-order valence-corrected chi connectivity index (χ1v) is 14.5. The molecule has 2 atom stereocenters. The molecule has 2 aliphatic heterocycles. The number of ether oxygens (including phenoxy) is 2. The van der Waals surface area contributed by atoms with Gasteiger partial charge in [0.15, 0.2) is 5.13 Å². The van der Waals surface area contributed by atoms with Gasteiger partial charge in [-0.25, -0.2) is 4.98 Å². The fourth-order valence-corrected chi connectivity index (χ4v) is 6.66. The molecular formula is C34H26N2O5S. The number of aliphatic hydroxyl groups is 1. The Bertz CT molecular complexity index is 1910. The molecule has 1 fully saturated rings. The number of aliphatic hydroxyl groups excluding tert-OH is 1. The summed E-state index contributed by atoms with van der Waals surface area (Å²) in [6, 6.07) is 26.9. The second-order valence-corrected chi connectivity index (χ2v) is 11.6. The van der Waals surface area contributed by atoms with Crippen molar-refractivity contribution in [3.8, 4) is 17.2 Å². The number of carbonyl (C=O) groups excluding carboxylic acids is 2. The number of hydrogen-bond acceptors (Lipinski definition) is 7. The molecule has 7 rings (SSSR count). The van der Waals surface area contributed by atoms with Gasteiger partial charge in [-0.3, -0.25) is 14.5 Å². The maximum absolute atomic E-state index is 13.7. The van der Waals surface area contributed by atoms with Crippen molar-refractivity contribution in [2.24, 2.45) is 0 Å². The Morgan fingerprint density at radius 2 is 1.79 bits per heavy atom. The molecule has 5 aromatic rings. The van der Waals surface area contributed by atoms with Gasteiger partial charge in [-0.2, -0.15) is 0 Å². The molecule has 2 aliphatic rings. The van der Waals surface area contributed by atoms with Crippen LogP contribution in [0.5, 0.6) is 17.2 Å². The monoisotopic (exact) mass is 574 g/mol. The van der Waals surface area contributed by atoms with Crippen LogP contribution in [0, 0.1) is 6.92 Å². The number of hydrogen-bond donors (Lipinski definition) is 1. The van der Waals surface area contributed by atoms with Crippen molar-refractivity contribution in [1.82, 2.24) is 4.98 Å². The lowest BCUT2D eigenvalue weighted by atomic mass is 9.94. The Balaban J connectivity index is 1.38. The van der Waals surface area contributed by atoms with Crippen LogP contribution in [0.15, 0.2) is 96.6 Å². The first-order valence-electron chi connectivity index (χ1n) is 13.7. The fourth-order valence-electron chi connectivity index (χ4n) is 5.57. The summed E-state index contributed by atoms with van der Waals surface area (Å²) in [4.78, 5) is 33.6. The molecule has 0 aliphatic carbocycles. The molecule has 0 unspecified atom stereocenters. The number of fused-ring (bicyclic) bond motifs is 2. The van der Waals surface area contributed by atoms with E-state index in [0.717, 1.165) is 27.1 Å². The van der Waals surface area contributed by atoms with E-state index in [0.29, 0.717) is 34.2 Å². The van der Waals surface area contributed by atoms with Crippen molar-refractivity contribution in [1.29, 1.82) is 0 Å². The van der Waals surface area contributed by atoms with Crippen LogP contribution in [0.3, 0.4) is 0 Å². The minimum atomic E-state index is -0.922. The van der Waals surface area contributed by atoms with E-state index < -0.39 is 17.7 Å². The molecule has 4 aromatic carbocycles. The van der Waals surface area contributed by atoms with E-state index in [2.05, 4.69) is 0 Å². The van der Waals surface area contributed by atoms with Crippen molar-refractivity contribution in [2.75, 3.05) is 4.90 Å². The number of Topliss-reactive ketones (excluding diaryl/α,β-unsaturated/α-hetero) is 1. The molecule has 0 spiro atoms. The summed E-state index contributed by atoms with van der Waals surface area (Å²) in [5, 5.41) is 12.1. The summed E-state index contributed by atoms with van der Waals surface area (Å²) in [6.45, 7) is 3.97. The summed E-state index contributed by atoms with van der Waals surface area (Å²) in [5.74, 6) is 0.186. The van der Waals surface area contributed by atoms with Gasteiger partial charge < -0.3 is 14.6 Å². The standard InChI is InChI=1S/C34H26N2O5S/c1-19-11-13-26-28(15-19)42-34(35-26)36-30(21-7-6-10-25(18-21)41-24-8-4-3-5-9-24)29(32(38)33(36)39)31(37)22-12-14-27-23(17-22)16-20(2)40-27/h3-15,17-18,20,30,37H,16H2,1-2H3/b31-29+/t20-,30+/m1/s1. The predicted octanol–water partition coefficient (Wildman–Crippen LogP) is 7.35. The fraction of sp³-hybridized carbons (Fsp3) is 0.147. The predicted molar refractivity (Wildman–Crippen MR) is 162 cm³/mol. The average molecular weight is 575 g/mol. The Labute approximate surface area is 246 Å². The topological polar surface area (TPSA) is 89.0 Å². The molecule has 8 heteroatoms. The van der Waals surface area contributed by atoms with E-state index in [9.17, 15) is 14.7 Å². The molecule has 42 heavy (non-hydrogen) atoms. The van der Waals surface area contributed by atoms with Gasteiger partial charge in [0.2, 0.25) is 0 Å². The lowest BCUT2D eigenvalue weighted by Gasteiger charge is -2.23. The van der Waals surface area contributed by atoms with Gasteiger partial charge in [0.25, 0.3) is 5.78 Å². The number of amides is 1. The maximum atomic E-state index is 13.7. The lowest BCUT2D eigenvalue weighted by molar-refractivity contribution is -0.132. The van der Waals surface area contributed by atoms with Crippen molar-refractivity contribution >= 4 is 44.1 Å². The summed E-state index contributed by atoms with van der Waals surface area (Å²) in [6.07, 6.45) is 0.719. The highest BCUT2D eigenvalue weighted by atomic mass is 32.1. The van der Waals surface area contributed by atoms with Crippen LogP contribution in [0.2, 0.25) is 0 Å². The highest BCUT2D eigenvalue weighted by Crippen LogP contribution is 2.45. The Hall–Kier alpha value is -4.95. The van der Waals surface area contributed by atoms with Gasteiger partial charge in [-0.15, -0.1) is 0 Å². The van der Waals surface area contributed by atoms with Gasteiger partial charge in [-0.1, -0.05) is 47.7 Å². The number of rotatable bonds is 5. The van der Waals surface area contributed by atoms with E-state index >= 15 is 0 Å². The van der Waals surface area contributed by atoms with E-state index in [1.54, 1.807) is 18.2 Å². The van der Waals surface area contributed by atoms with Crippen LogP contribution in [0.4, 0.5) is 5.13 Å². The zero-order valence-corrected chi connectivity index (χ0v) is 23.7. The summed E-state index contributed by atoms with van der Waals surface area (Å²) in [5.41, 5.74) is 3.80. The number of ketones is 1. The van der Waals surface area contributed by atoms with Gasteiger partial charge in [-0.05, 0) is 85.1 Å². The number of nitrogens with zero attached hydrogens (tertiary/aromatic N) is 2. The van der Waals surface area contributed by atoms with Crippen molar-refractivity contribution < 1.29 is 24.2 Å². The number of carbonyl (C=O) groups is 2. The number of aromatic nitrogens is 1. The smallest absolute Gasteiger partial charge is 0.301 e. The van der Waals surface area contributed by atoms with Crippen LogP contribution in [-0.2, 0) is 16.0 Å². The van der Waals surface area contributed by atoms with Gasteiger partial charge >= 0.3 is 5.91 Å². The summed E-state index contributed by atoms with van der Waals surface area (Å²) in [7, 11) is 0.